The molecule has 0 unspecified atom stereocenters. The molecule has 1 aromatic carbocycles. The first-order valence-electron chi connectivity index (χ1n) is 3.81. The van der Waals surface area contributed by atoms with Gasteiger partial charge in [0, 0.05) is 0 Å². The molecule has 0 aromatic heterocycles. The summed E-state index contributed by atoms with van der Waals surface area (Å²) in [6.07, 6.45) is 1.24. The van der Waals surface area contributed by atoms with Crippen molar-refractivity contribution >= 4 is 12.2 Å². The van der Waals surface area contributed by atoms with Crippen LogP contribution in [0.1, 0.15) is 5.56 Å². The number of halogens is 1. The fraction of sp³-hybridized carbons (Fsp3) is 0.111. The fourth-order valence-electron chi connectivity index (χ4n) is 0.778. The van der Waals surface area contributed by atoms with Gasteiger partial charge in [0.05, 0.1) is 6.21 Å². The van der Waals surface area contributed by atoms with E-state index in [1.54, 1.807) is 6.07 Å². The van der Waals surface area contributed by atoms with Gasteiger partial charge in [-0.25, -0.2) is 9.18 Å². The third-order valence-corrected chi connectivity index (χ3v) is 1.31. The van der Waals surface area contributed by atoms with Gasteiger partial charge in [-0.05, 0) is 17.7 Å². The number of carboxylic acids is 1. The van der Waals surface area contributed by atoms with Crippen molar-refractivity contribution in [3.63, 3.8) is 0 Å². The molecule has 5 heteroatoms. The highest BCUT2D eigenvalue weighted by atomic mass is 19.1. The summed E-state index contributed by atoms with van der Waals surface area (Å²) >= 11 is 0. The highest BCUT2D eigenvalue weighted by Gasteiger charge is 1.94. The summed E-state index contributed by atoms with van der Waals surface area (Å²) in [7, 11) is 0. The number of hydrogen-bond donors (Lipinski definition) is 1. The van der Waals surface area contributed by atoms with Crippen LogP contribution in [0.4, 0.5) is 4.39 Å². The average Bonchev–Trinajstić information content (AvgIpc) is 2.12. The Bertz CT molecular complexity index is 352. The molecule has 0 amide bonds. The Hall–Kier alpha value is -1.91. The molecular formula is C9H8FNO3. The number of hydrogen-bond acceptors (Lipinski definition) is 3. The fourth-order valence-corrected chi connectivity index (χ4v) is 0.778. The summed E-state index contributed by atoms with van der Waals surface area (Å²) in [4.78, 5) is 14.4. The monoisotopic (exact) mass is 197 g/mol. The molecule has 74 valence electrons. The highest BCUT2D eigenvalue weighted by Crippen LogP contribution is 2.00. The van der Waals surface area contributed by atoms with Crippen LogP contribution in [-0.4, -0.2) is 23.9 Å². The van der Waals surface area contributed by atoms with E-state index >= 15 is 0 Å². The van der Waals surface area contributed by atoms with Gasteiger partial charge in [-0.15, -0.1) is 0 Å². The zero-order valence-corrected chi connectivity index (χ0v) is 7.18. The summed E-state index contributed by atoms with van der Waals surface area (Å²) < 4.78 is 12.6. The van der Waals surface area contributed by atoms with Crippen LogP contribution in [0.25, 0.3) is 0 Å². The van der Waals surface area contributed by atoms with E-state index in [1.165, 1.54) is 24.4 Å². The lowest BCUT2D eigenvalue weighted by molar-refractivity contribution is -0.142. The Morgan fingerprint density at radius 2 is 2.43 bits per heavy atom. The zero-order chi connectivity index (χ0) is 10.4. The standard InChI is InChI=1S/C9H8FNO3/c10-8-3-1-2-7(4-8)5-11-14-6-9(12)13/h1-5H,6H2,(H,12,13). The molecule has 1 N–H and O–H groups in total. The largest absolute Gasteiger partial charge is 0.479 e. The van der Waals surface area contributed by atoms with Crippen LogP contribution in [0, 0.1) is 5.82 Å². The molecular weight excluding hydrogens is 189 g/mol. The Morgan fingerprint density at radius 1 is 1.64 bits per heavy atom. The second kappa shape index (κ2) is 4.96. The molecule has 14 heavy (non-hydrogen) atoms. The van der Waals surface area contributed by atoms with Crippen molar-refractivity contribution < 1.29 is 19.1 Å². The molecule has 0 bridgehead atoms. The van der Waals surface area contributed by atoms with Crippen LogP contribution in [0.5, 0.6) is 0 Å². The first kappa shape index (κ1) is 10.2. The molecule has 0 heterocycles. The molecule has 0 saturated carbocycles. The lowest BCUT2D eigenvalue weighted by atomic mass is 10.2. The van der Waals surface area contributed by atoms with Crippen molar-refractivity contribution in [1.82, 2.24) is 0 Å². The Balaban J connectivity index is 2.47. The van der Waals surface area contributed by atoms with Gasteiger partial charge in [0.15, 0.2) is 0 Å². The van der Waals surface area contributed by atoms with E-state index in [2.05, 4.69) is 9.99 Å². The van der Waals surface area contributed by atoms with E-state index in [0.717, 1.165) is 0 Å². The minimum atomic E-state index is -1.11. The van der Waals surface area contributed by atoms with E-state index < -0.39 is 12.6 Å². The van der Waals surface area contributed by atoms with Crippen molar-refractivity contribution in [2.24, 2.45) is 5.16 Å². The molecule has 0 spiro atoms. The molecule has 0 atom stereocenters. The number of nitrogens with zero attached hydrogens (tertiary/aromatic N) is 1. The molecule has 1 aromatic rings. The highest BCUT2D eigenvalue weighted by molar-refractivity contribution is 5.79. The number of aliphatic carboxylic acids is 1. The molecule has 0 fully saturated rings. The van der Waals surface area contributed by atoms with Gasteiger partial charge in [0.2, 0.25) is 6.61 Å². The van der Waals surface area contributed by atoms with E-state index in [9.17, 15) is 9.18 Å². The third-order valence-electron chi connectivity index (χ3n) is 1.31. The van der Waals surface area contributed by atoms with Crippen molar-refractivity contribution in [2.75, 3.05) is 6.61 Å². The minimum absolute atomic E-state index is 0.382. The maximum atomic E-state index is 12.6. The van der Waals surface area contributed by atoms with Crippen LogP contribution < -0.4 is 0 Å². The van der Waals surface area contributed by atoms with Crippen molar-refractivity contribution in [1.29, 1.82) is 0 Å². The second-order valence-electron chi connectivity index (χ2n) is 2.46. The third kappa shape index (κ3) is 3.66. The van der Waals surface area contributed by atoms with Gasteiger partial charge < -0.3 is 9.94 Å². The number of carboxylic acid groups (broad SMARTS) is 1. The van der Waals surface area contributed by atoms with Crippen molar-refractivity contribution in [3.8, 4) is 0 Å². The van der Waals surface area contributed by atoms with Gasteiger partial charge >= 0.3 is 5.97 Å². The predicted octanol–water partition coefficient (Wildman–Crippen LogP) is 1.26. The number of rotatable bonds is 4. The zero-order valence-electron chi connectivity index (χ0n) is 7.18. The summed E-state index contributed by atoms with van der Waals surface area (Å²) in [5.41, 5.74) is 0.510. The quantitative estimate of drug-likeness (QED) is 0.584. The summed E-state index contributed by atoms with van der Waals surface area (Å²) in [5, 5.41) is 11.5. The number of oxime groups is 1. The second-order valence-corrected chi connectivity index (χ2v) is 2.46. The van der Waals surface area contributed by atoms with Gasteiger partial charge in [0.1, 0.15) is 5.82 Å². The van der Waals surface area contributed by atoms with Crippen LogP contribution >= 0.6 is 0 Å². The molecule has 1 rings (SSSR count). The predicted molar refractivity (Wildman–Crippen MR) is 47.6 cm³/mol. The van der Waals surface area contributed by atoms with E-state index in [0.29, 0.717) is 5.56 Å². The first-order valence-corrected chi connectivity index (χ1v) is 3.81. The van der Waals surface area contributed by atoms with E-state index in [-0.39, 0.29) is 5.82 Å². The lowest BCUT2D eigenvalue weighted by Gasteiger charge is -1.93. The van der Waals surface area contributed by atoms with Crippen LogP contribution in [0.2, 0.25) is 0 Å². The van der Waals surface area contributed by atoms with Gasteiger partial charge in [0.25, 0.3) is 0 Å². The molecule has 0 radical (unpaired) electrons. The van der Waals surface area contributed by atoms with Crippen LogP contribution in [0.3, 0.4) is 0 Å². The van der Waals surface area contributed by atoms with E-state index in [4.69, 9.17) is 5.11 Å². The molecule has 0 aliphatic heterocycles. The maximum Gasteiger partial charge on any atom is 0.344 e. The van der Waals surface area contributed by atoms with Gasteiger partial charge in [-0.3, -0.25) is 0 Å². The summed E-state index contributed by atoms with van der Waals surface area (Å²) in [6.45, 7) is -0.508. The lowest BCUT2D eigenvalue weighted by Crippen LogP contribution is -2.03. The molecule has 0 aliphatic rings. The van der Waals surface area contributed by atoms with E-state index in [1.807, 2.05) is 0 Å². The normalized spacial score (nSPS) is 10.4. The topological polar surface area (TPSA) is 58.9 Å². The Morgan fingerprint density at radius 3 is 3.07 bits per heavy atom. The molecule has 0 saturated heterocycles. The number of benzene rings is 1. The minimum Gasteiger partial charge on any atom is -0.479 e. The van der Waals surface area contributed by atoms with Crippen LogP contribution in [-0.2, 0) is 9.63 Å². The van der Waals surface area contributed by atoms with Gasteiger partial charge in [-0.2, -0.15) is 0 Å². The first-order chi connectivity index (χ1) is 6.68. The smallest absolute Gasteiger partial charge is 0.344 e. The Kier molecular flexibility index (Phi) is 3.60. The summed E-state index contributed by atoms with van der Waals surface area (Å²) in [5.74, 6) is -1.49. The van der Waals surface area contributed by atoms with Crippen molar-refractivity contribution in [2.45, 2.75) is 0 Å². The maximum absolute atomic E-state index is 12.6. The van der Waals surface area contributed by atoms with Gasteiger partial charge in [-0.1, -0.05) is 17.3 Å². The Labute approximate surface area is 79.6 Å². The summed E-state index contributed by atoms with van der Waals surface area (Å²) in [6, 6.07) is 5.70. The average molecular weight is 197 g/mol. The molecule has 0 aliphatic carbocycles. The SMILES string of the molecule is O=C(O)CON=Cc1cccc(F)c1. The van der Waals surface area contributed by atoms with Crippen molar-refractivity contribution in [3.05, 3.63) is 35.6 Å². The number of carbonyl (C=O) groups is 1. The molecule has 4 nitrogen and oxygen atoms in total. The van der Waals surface area contributed by atoms with Crippen LogP contribution in [0.15, 0.2) is 29.4 Å².